The molecule has 0 fully saturated rings. The third kappa shape index (κ3) is 3.44. The first-order valence-electron chi connectivity index (χ1n) is 7.13. The monoisotopic (exact) mass is 460 g/mol. The Kier molecular flexibility index (Phi) is 4.63. The van der Waals surface area contributed by atoms with Crippen molar-refractivity contribution in [1.29, 1.82) is 0 Å². The maximum Gasteiger partial charge on any atom is 0.416 e. The molecule has 2 N–H and O–H groups in total. The Morgan fingerprint density at radius 3 is 2.56 bits per heavy atom. The third-order valence-electron chi connectivity index (χ3n) is 3.55. The Balaban J connectivity index is 2.21. The third-order valence-corrected chi connectivity index (χ3v) is 4.17. The molecule has 0 spiro atoms. The Morgan fingerprint density at radius 1 is 1.20 bits per heavy atom. The van der Waals surface area contributed by atoms with Crippen molar-refractivity contribution in [3.05, 3.63) is 51.9 Å². The van der Waals surface area contributed by atoms with Crippen LogP contribution in [-0.4, -0.2) is 17.1 Å². The molecule has 0 radical (unpaired) electrons. The van der Waals surface area contributed by atoms with E-state index in [0.717, 1.165) is 12.1 Å². The number of aromatic nitrogens is 1. The number of rotatable bonds is 3. The summed E-state index contributed by atoms with van der Waals surface area (Å²) in [6.45, 7) is 0. The van der Waals surface area contributed by atoms with Crippen molar-refractivity contribution in [2.75, 3.05) is 12.4 Å². The molecular formula is C17H12F3IN2O2. The highest BCUT2D eigenvalue weighted by atomic mass is 127. The number of aromatic hydroxyl groups is 1. The molecule has 130 valence electrons. The number of pyridine rings is 1. The molecule has 25 heavy (non-hydrogen) atoms. The van der Waals surface area contributed by atoms with Crippen LogP contribution in [0.4, 0.5) is 19.1 Å². The zero-order chi connectivity index (χ0) is 18.2. The summed E-state index contributed by atoms with van der Waals surface area (Å²) in [4.78, 5) is 3.96. The van der Waals surface area contributed by atoms with Crippen molar-refractivity contribution in [3.8, 4) is 28.2 Å². The zero-order valence-corrected chi connectivity index (χ0v) is 15.0. The van der Waals surface area contributed by atoms with Crippen molar-refractivity contribution in [2.45, 2.75) is 6.18 Å². The number of alkyl halides is 3. The molecule has 1 aromatic carbocycles. The van der Waals surface area contributed by atoms with Crippen LogP contribution < -0.4 is 5.32 Å². The predicted octanol–water partition coefficient (Wildman–Crippen LogP) is 5.38. The second kappa shape index (κ2) is 6.58. The number of halogens is 4. The zero-order valence-electron chi connectivity index (χ0n) is 12.9. The van der Waals surface area contributed by atoms with Crippen LogP contribution in [0.5, 0.6) is 5.75 Å². The smallest absolute Gasteiger partial charge is 0.416 e. The highest BCUT2D eigenvalue weighted by Crippen LogP contribution is 2.47. The molecule has 2 heterocycles. The molecule has 0 aliphatic rings. The van der Waals surface area contributed by atoms with Gasteiger partial charge in [-0.05, 0) is 58.5 Å². The Hall–Kier alpha value is -2.23. The Morgan fingerprint density at radius 2 is 1.96 bits per heavy atom. The molecule has 0 unspecified atom stereocenters. The van der Waals surface area contributed by atoms with Crippen LogP contribution in [0.3, 0.4) is 0 Å². The number of hydrogen-bond acceptors (Lipinski definition) is 4. The Labute approximate surface area is 154 Å². The first kappa shape index (κ1) is 17.6. The van der Waals surface area contributed by atoms with Crippen LogP contribution in [0, 0.1) is 3.57 Å². The summed E-state index contributed by atoms with van der Waals surface area (Å²) in [5.74, 6) is 0.0684. The quantitative estimate of drug-likeness (QED) is 0.516. The van der Waals surface area contributed by atoms with Gasteiger partial charge < -0.3 is 14.8 Å². The van der Waals surface area contributed by atoms with E-state index in [1.54, 1.807) is 31.4 Å². The predicted molar refractivity (Wildman–Crippen MR) is 96.3 cm³/mol. The van der Waals surface area contributed by atoms with Crippen LogP contribution in [0.15, 0.2) is 47.1 Å². The lowest BCUT2D eigenvalue weighted by Gasteiger charge is -2.10. The lowest BCUT2D eigenvalue weighted by molar-refractivity contribution is -0.137. The van der Waals surface area contributed by atoms with E-state index in [-0.39, 0.29) is 28.5 Å². The minimum atomic E-state index is -4.48. The number of nitrogens with zero attached hydrogens (tertiary/aromatic N) is 1. The van der Waals surface area contributed by atoms with E-state index in [1.165, 1.54) is 6.20 Å². The van der Waals surface area contributed by atoms with Gasteiger partial charge in [0.2, 0.25) is 5.88 Å². The fourth-order valence-electron chi connectivity index (χ4n) is 2.46. The first-order valence-corrected chi connectivity index (χ1v) is 8.21. The van der Waals surface area contributed by atoms with Crippen molar-refractivity contribution >= 4 is 28.5 Å². The molecule has 8 heteroatoms. The average molecular weight is 460 g/mol. The van der Waals surface area contributed by atoms with E-state index in [9.17, 15) is 18.3 Å². The SMILES string of the molecule is CNc1oc(-c2cccnc2)c(O)c1-c1cc(I)cc(C(F)(F)F)c1. The van der Waals surface area contributed by atoms with E-state index in [2.05, 4.69) is 10.3 Å². The van der Waals surface area contributed by atoms with Gasteiger partial charge in [-0.3, -0.25) is 4.98 Å². The molecule has 0 atom stereocenters. The van der Waals surface area contributed by atoms with E-state index in [0.29, 0.717) is 9.13 Å². The largest absolute Gasteiger partial charge is 0.504 e. The van der Waals surface area contributed by atoms with Gasteiger partial charge in [-0.2, -0.15) is 13.2 Å². The van der Waals surface area contributed by atoms with Gasteiger partial charge in [-0.15, -0.1) is 0 Å². The number of hydrogen-bond donors (Lipinski definition) is 2. The topological polar surface area (TPSA) is 58.3 Å². The summed E-state index contributed by atoms with van der Waals surface area (Å²) in [7, 11) is 1.56. The van der Waals surface area contributed by atoms with Gasteiger partial charge in [0, 0.05) is 28.6 Å². The van der Waals surface area contributed by atoms with Crippen molar-refractivity contribution in [3.63, 3.8) is 0 Å². The molecule has 0 saturated carbocycles. The van der Waals surface area contributed by atoms with Gasteiger partial charge in [0.05, 0.1) is 11.1 Å². The van der Waals surface area contributed by atoms with Crippen LogP contribution in [0.1, 0.15) is 5.56 Å². The fraction of sp³-hybridized carbons (Fsp3) is 0.118. The number of nitrogens with one attached hydrogen (secondary N) is 1. The average Bonchev–Trinajstić information content (AvgIpc) is 2.91. The van der Waals surface area contributed by atoms with Gasteiger partial charge >= 0.3 is 6.18 Å². The van der Waals surface area contributed by atoms with Crippen molar-refractivity contribution in [2.24, 2.45) is 0 Å². The van der Waals surface area contributed by atoms with E-state index in [4.69, 9.17) is 4.42 Å². The minimum absolute atomic E-state index is 0.139. The highest BCUT2D eigenvalue weighted by molar-refractivity contribution is 14.1. The molecule has 3 rings (SSSR count). The fourth-order valence-corrected chi connectivity index (χ4v) is 3.13. The summed E-state index contributed by atoms with van der Waals surface area (Å²) >= 11 is 1.81. The summed E-state index contributed by atoms with van der Waals surface area (Å²) < 4.78 is 45.3. The summed E-state index contributed by atoms with van der Waals surface area (Å²) in [5.41, 5.74) is 0.106. The van der Waals surface area contributed by atoms with Gasteiger partial charge in [0.25, 0.3) is 0 Å². The number of anilines is 1. The Bertz CT molecular complexity index is 908. The van der Waals surface area contributed by atoms with Gasteiger partial charge in [0.1, 0.15) is 0 Å². The molecule has 3 aromatic rings. The van der Waals surface area contributed by atoms with Crippen molar-refractivity contribution < 1.29 is 22.7 Å². The normalized spacial score (nSPS) is 11.6. The summed E-state index contributed by atoms with van der Waals surface area (Å²) in [6, 6.07) is 6.94. The molecule has 0 bridgehead atoms. The summed E-state index contributed by atoms with van der Waals surface area (Å²) in [5, 5.41) is 13.4. The first-order chi connectivity index (χ1) is 11.8. The molecule has 2 aromatic heterocycles. The summed E-state index contributed by atoms with van der Waals surface area (Å²) in [6.07, 6.45) is -1.42. The van der Waals surface area contributed by atoms with E-state index in [1.807, 2.05) is 22.6 Å². The minimum Gasteiger partial charge on any atom is -0.504 e. The molecule has 0 saturated heterocycles. The van der Waals surface area contributed by atoms with E-state index >= 15 is 0 Å². The molecule has 4 nitrogen and oxygen atoms in total. The van der Waals surface area contributed by atoms with E-state index < -0.39 is 11.7 Å². The second-order valence-corrected chi connectivity index (χ2v) is 6.45. The van der Waals surface area contributed by atoms with Crippen LogP contribution in [-0.2, 0) is 6.18 Å². The number of benzene rings is 1. The number of furan rings is 1. The molecular weight excluding hydrogens is 448 g/mol. The lowest BCUT2D eigenvalue weighted by atomic mass is 10.0. The second-order valence-electron chi connectivity index (χ2n) is 5.20. The van der Waals surface area contributed by atoms with Crippen LogP contribution in [0.25, 0.3) is 22.5 Å². The van der Waals surface area contributed by atoms with Gasteiger partial charge in [-0.25, -0.2) is 0 Å². The lowest BCUT2D eigenvalue weighted by Crippen LogP contribution is -2.05. The standard InChI is InChI=1S/C17H12F3IN2O2/c1-22-16-13(10-5-11(17(18,19)20)7-12(21)6-10)14(24)15(25-16)9-3-2-4-23-8-9/h2-8,22,24H,1H3. The maximum absolute atomic E-state index is 13.1. The van der Waals surface area contributed by atoms with Gasteiger partial charge in [0.15, 0.2) is 11.5 Å². The van der Waals surface area contributed by atoms with Crippen molar-refractivity contribution in [1.82, 2.24) is 4.98 Å². The molecule has 0 amide bonds. The molecule has 0 aliphatic heterocycles. The maximum atomic E-state index is 13.1. The molecule has 0 aliphatic carbocycles. The van der Waals surface area contributed by atoms with Gasteiger partial charge in [-0.1, -0.05) is 0 Å². The highest BCUT2D eigenvalue weighted by Gasteiger charge is 2.32. The van der Waals surface area contributed by atoms with Crippen LogP contribution >= 0.6 is 22.6 Å². The van der Waals surface area contributed by atoms with Crippen LogP contribution in [0.2, 0.25) is 0 Å².